The maximum atomic E-state index is 8.62. The summed E-state index contributed by atoms with van der Waals surface area (Å²) in [5.41, 5.74) is 0.667. The van der Waals surface area contributed by atoms with E-state index in [1.54, 1.807) is 0 Å². The van der Waals surface area contributed by atoms with Crippen LogP contribution in [0, 0.1) is 0 Å². The fourth-order valence-corrected chi connectivity index (χ4v) is 0. The van der Waals surface area contributed by atoms with Crippen molar-refractivity contribution in [3.63, 3.8) is 0 Å². The van der Waals surface area contributed by atoms with Crippen LogP contribution in [0.25, 0.3) is 0 Å². The van der Waals surface area contributed by atoms with E-state index in [9.17, 15) is 0 Å². The van der Waals surface area contributed by atoms with Crippen molar-refractivity contribution in [3.8, 4) is 0 Å². The zero-order chi connectivity index (χ0) is 5.41. The molecule has 0 amide bonds. The molecule has 0 aliphatic heterocycles. The van der Waals surface area contributed by atoms with Crippen LogP contribution in [0.2, 0.25) is 0 Å². The van der Waals surface area contributed by atoms with E-state index in [-0.39, 0.29) is 45.5 Å². The summed E-state index contributed by atoms with van der Waals surface area (Å²) in [6, 6.07) is 0. The van der Waals surface area contributed by atoms with Crippen molar-refractivity contribution in [3.05, 3.63) is 0 Å². The van der Waals surface area contributed by atoms with Gasteiger partial charge in [0.05, 0.1) is 0 Å². The van der Waals surface area contributed by atoms with E-state index in [1.165, 1.54) is 0 Å². The van der Waals surface area contributed by atoms with Crippen molar-refractivity contribution in [1.82, 2.24) is 0 Å². The first-order valence-electron chi connectivity index (χ1n) is 0.943. The van der Waals surface area contributed by atoms with Gasteiger partial charge in [0.15, 0.2) is 0 Å². The van der Waals surface area contributed by atoms with Gasteiger partial charge in [0, 0.05) is 0 Å². The Labute approximate surface area is 89.8 Å². The van der Waals surface area contributed by atoms with E-state index >= 15 is 0 Å². The molecule has 0 bridgehead atoms. The van der Waals surface area contributed by atoms with Crippen LogP contribution in [-0.4, -0.2) is 56.6 Å². The Kier molecular flexibility index (Phi) is 60.2. The van der Waals surface area contributed by atoms with E-state index in [1.807, 2.05) is 0 Å². The molecule has 0 atom stereocenters. The number of thiocarbonyl (C=S) groups is 2. The Morgan fingerprint density at radius 1 is 1.00 bits per heavy atom. The molecule has 0 unspecified atom stereocenters. The summed E-state index contributed by atoms with van der Waals surface area (Å²) in [5.74, 6) is 0. The molecule has 0 aromatic rings. The maximum absolute atomic E-state index is 8.62. The third-order valence-electron chi connectivity index (χ3n) is 0. The summed E-state index contributed by atoms with van der Waals surface area (Å²) in [5, 5.41) is 17.2. The summed E-state index contributed by atoms with van der Waals surface area (Å²) in [6.45, 7) is 0. The SMILES string of the molecule is [O-]C=S.[O-]C=S.[Sr+2]. The molecular weight excluding hydrogens is 208 g/mol. The summed E-state index contributed by atoms with van der Waals surface area (Å²) in [4.78, 5) is 0. The minimum atomic E-state index is 0. The molecule has 0 radical (unpaired) electrons. The van der Waals surface area contributed by atoms with Gasteiger partial charge in [-0.25, -0.2) is 0 Å². The monoisotopic (exact) mass is 210 g/mol. The van der Waals surface area contributed by atoms with E-state index in [0.29, 0.717) is 11.1 Å². The van der Waals surface area contributed by atoms with Crippen molar-refractivity contribution in [2.45, 2.75) is 0 Å². The second-order valence-electron chi connectivity index (χ2n) is 0.192. The van der Waals surface area contributed by atoms with Gasteiger partial charge in [0.25, 0.3) is 0 Å². The predicted octanol–water partition coefficient (Wildman–Crippen LogP) is -1.77. The van der Waals surface area contributed by atoms with Gasteiger partial charge in [-0.3, -0.25) is 0 Å². The smallest absolute Gasteiger partial charge is 0.870 e. The molecule has 0 saturated carbocycles. The molecule has 0 N–H and O–H groups in total. The second kappa shape index (κ2) is 26.8. The van der Waals surface area contributed by atoms with Crippen molar-refractivity contribution in [2.24, 2.45) is 0 Å². The van der Waals surface area contributed by atoms with Crippen LogP contribution < -0.4 is 10.2 Å². The van der Waals surface area contributed by atoms with Crippen molar-refractivity contribution in [2.75, 3.05) is 0 Å². The van der Waals surface area contributed by atoms with Crippen LogP contribution in [0.4, 0.5) is 0 Å². The maximum Gasteiger partial charge on any atom is 2.00 e. The minimum absolute atomic E-state index is 0. The Morgan fingerprint density at radius 3 is 1.00 bits per heavy atom. The average molecular weight is 210 g/mol. The second-order valence-corrected chi connectivity index (χ2v) is 0.577. The van der Waals surface area contributed by atoms with Gasteiger partial charge >= 0.3 is 45.5 Å². The van der Waals surface area contributed by atoms with Gasteiger partial charge in [0.1, 0.15) is 0 Å². The van der Waals surface area contributed by atoms with E-state index in [4.69, 9.17) is 10.2 Å². The summed E-state index contributed by atoms with van der Waals surface area (Å²) in [6.07, 6.45) is 0. The summed E-state index contributed by atoms with van der Waals surface area (Å²) >= 11 is 7.43. The van der Waals surface area contributed by atoms with Gasteiger partial charge in [-0.05, 0) is 0 Å². The first-order chi connectivity index (χ1) is 2.83. The topological polar surface area (TPSA) is 46.1 Å². The fraction of sp³-hybridized carbons (Fsp3) is 0. The molecule has 7 heavy (non-hydrogen) atoms. The van der Waals surface area contributed by atoms with Gasteiger partial charge in [-0.1, -0.05) is 11.1 Å². The standard InChI is InChI=1S/2CH2OS.Sr/c2*2-1-3;/h2*1H,(H,2,3);/q;;+2/p-2. The van der Waals surface area contributed by atoms with Crippen LogP contribution in [-0.2, 0) is 0 Å². The zero-order valence-electron chi connectivity index (χ0n) is 3.49. The molecule has 0 spiro atoms. The molecule has 0 aliphatic carbocycles. The predicted molar refractivity (Wildman–Crippen MR) is 33.1 cm³/mol. The molecule has 5 heteroatoms. The van der Waals surface area contributed by atoms with Crippen LogP contribution in [0.5, 0.6) is 0 Å². The van der Waals surface area contributed by atoms with Gasteiger partial charge in [-0.2, -0.15) is 0 Å². The quantitative estimate of drug-likeness (QED) is 0.350. The van der Waals surface area contributed by atoms with E-state index in [2.05, 4.69) is 24.4 Å². The molecule has 0 heterocycles. The number of hydrogen-bond acceptors (Lipinski definition) is 4. The molecule has 0 aliphatic rings. The molecule has 0 fully saturated rings. The normalized spacial score (nSPS) is 3.43. The van der Waals surface area contributed by atoms with Crippen LogP contribution in [0.1, 0.15) is 0 Å². The van der Waals surface area contributed by atoms with Crippen LogP contribution in [0.15, 0.2) is 0 Å². The molecule has 0 saturated heterocycles. The third kappa shape index (κ3) is 126. The molecule has 0 rings (SSSR count). The summed E-state index contributed by atoms with van der Waals surface area (Å²) in [7, 11) is 0. The molecule has 2 nitrogen and oxygen atoms in total. The van der Waals surface area contributed by atoms with Gasteiger partial charge in [0.2, 0.25) is 0 Å². The van der Waals surface area contributed by atoms with Crippen LogP contribution in [0.3, 0.4) is 0 Å². The molecule has 0 aromatic heterocycles. The first-order valence-corrected chi connectivity index (χ1v) is 1.89. The first kappa shape index (κ1) is 15.7. The van der Waals surface area contributed by atoms with Gasteiger partial charge < -0.3 is 10.2 Å². The minimum Gasteiger partial charge on any atom is -0.870 e. The summed E-state index contributed by atoms with van der Waals surface area (Å²) < 4.78 is 0. The molecule has 36 valence electrons. The fourth-order valence-electron chi connectivity index (χ4n) is 0. The Hall–Kier alpha value is 1.26. The third-order valence-corrected chi connectivity index (χ3v) is 0. The molecule has 0 aromatic carbocycles. The van der Waals surface area contributed by atoms with Gasteiger partial charge in [-0.15, -0.1) is 24.4 Å². The Bertz CT molecular complexity index is 34.7. The number of hydrogen-bond donors (Lipinski definition) is 0. The van der Waals surface area contributed by atoms with Crippen molar-refractivity contribution < 1.29 is 10.2 Å². The van der Waals surface area contributed by atoms with E-state index in [0.717, 1.165) is 0 Å². The Morgan fingerprint density at radius 2 is 1.00 bits per heavy atom. The van der Waals surface area contributed by atoms with E-state index < -0.39 is 0 Å². The molecular formula is C2H2O2S2Sr. The number of rotatable bonds is 0. The zero-order valence-corrected chi connectivity index (χ0v) is 8.60. The van der Waals surface area contributed by atoms with Crippen molar-refractivity contribution in [1.29, 1.82) is 0 Å². The van der Waals surface area contributed by atoms with Crippen LogP contribution >= 0.6 is 24.4 Å². The van der Waals surface area contributed by atoms with Crippen molar-refractivity contribution >= 4 is 81.0 Å². The Balaban J connectivity index is -0.0000000400. The largest absolute Gasteiger partial charge is 2.00 e. The average Bonchev–Trinajstić information content (AvgIpc) is 1.39.